The lowest BCUT2D eigenvalue weighted by Gasteiger charge is -2.25. The van der Waals surface area contributed by atoms with Gasteiger partial charge in [0.2, 0.25) is 17.6 Å². The zero-order chi connectivity index (χ0) is 28.4. The van der Waals surface area contributed by atoms with E-state index in [0.29, 0.717) is 28.7 Å². The number of hydrogen-bond acceptors (Lipinski definition) is 7. The first-order chi connectivity index (χ1) is 18.8. The molecule has 3 aromatic carbocycles. The van der Waals surface area contributed by atoms with Gasteiger partial charge in [-0.05, 0) is 42.0 Å². The van der Waals surface area contributed by atoms with E-state index >= 15 is 0 Å². The molecule has 0 aliphatic carbocycles. The molecule has 0 radical (unpaired) electrons. The fourth-order valence-corrected chi connectivity index (χ4v) is 3.68. The number of hydrazine groups is 1. The Hall–Kier alpha value is -4.80. The Morgan fingerprint density at radius 1 is 0.769 bits per heavy atom. The average molecular weight is 540 g/mol. The number of nitrogens with one attached hydrogen (secondary N) is 2. The smallest absolute Gasteiger partial charge is 0.269 e. The summed E-state index contributed by atoms with van der Waals surface area (Å²) in [5, 5.41) is 0. The van der Waals surface area contributed by atoms with Crippen molar-refractivity contribution in [3.63, 3.8) is 0 Å². The molecule has 2 N–H and O–H groups in total. The third kappa shape index (κ3) is 7.60. The van der Waals surface area contributed by atoms with Crippen LogP contribution in [0.15, 0.2) is 60.7 Å². The van der Waals surface area contributed by atoms with E-state index in [4.69, 9.17) is 18.9 Å². The summed E-state index contributed by atoms with van der Waals surface area (Å²) in [5.41, 5.74) is 5.97. The van der Waals surface area contributed by atoms with Crippen LogP contribution >= 0.6 is 0 Å². The summed E-state index contributed by atoms with van der Waals surface area (Å²) in [6, 6.07) is 15.4. The molecule has 0 saturated heterocycles. The van der Waals surface area contributed by atoms with Gasteiger partial charge in [0.05, 0.1) is 40.7 Å². The maximum absolute atomic E-state index is 13.4. The second-order valence-corrected chi connectivity index (χ2v) is 8.22. The van der Waals surface area contributed by atoms with Gasteiger partial charge in [-0.2, -0.15) is 0 Å². The van der Waals surface area contributed by atoms with Crippen LogP contribution in [-0.4, -0.2) is 46.2 Å². The van der Waals surface area contributed by atoms with Crippen molar-refractivity contribution in [1.82, 2.24) is 10.9 Å². The minimum atomic E-state index is -0.617. The van der Waals surface area contributed by atoms with Gasteiger partial charge < -0.3 is 23.8 Å². The highest BCUT2D eigenvalue weighted by Crippen LogP contribution is 2.41. The van der Waals surface area contributed by atoms with Crippen molar-refractivity contribution >= 4 is 23.4 Å². The van der Waals surface area contributed by atoms with Crippen LogP contribution in [-0.2, 0) is 16.1 Å². The summed E-state index contributed by atoms with van der Waals surface area (Å²) in [5.74, 6) is -0.274. The Labute approximate surface area is 225 Å². The Balaban J connectivity index is 1.75. The number of nitrogens with zero attached hydrogens (tertiary/aromatic N) is 1. The molecule has 11 heteroatoms. The Kier molecular flexibility index (Phi) is 10.1. The van der Waals surface area contributed by atoms with Gasteiger partial charge in [0.1, 0.15) is 11.6 Å². The second kappa shape index (κ2) is 13.7. The molecule has 3 amide bonds. The zero-order valence-electron chi connectivity index (χ0n) is 22.1. The van der Waals surface area contributed by atoms with E-state index in [1.54, 1.807) is 31.4 Å². The van der Waals surface area contributed by atoms with Crippen molar-refractivity contribution in [2.45, 2.75) is 19.4 Å². The monoisotopic (exact) mass is 539 g/mol. The van der Waals surface area contributed by atoms with E-state index in [0.717, 1.165) is 17.7 Å². The first kappa shape index (κ1) is 28.8. The predicted octanol–water partition coefficient (Wildman–Crippen LogP) is 3.63. The largest absolute Gasteiger partial charge is 0.497 e. The first-order valence-electron chi connectivity index (χ1n) is 11.9. The maximum atomic E-state index is 13.4. The highest BCUT2D eigenvalue weighted by Gasteiger charge is 2.22. The quantitative estimate of drug-likeness (QED) is 0.358. The number of rotatable bonds is 11. The summed E-state index contributed by atoms with van der Waals surface area (Å²) in [6.07, 6.45) is -0.364. The van der Waals surface area contributed by atoms with E-state index in [9.17, 15) is 18.8 Å². The van der Waals surface area contributed by atoms with Crippen LogP contribution in [0, 0.1) is 5.82 Å². The average Bonchev–Trinajstić information content (AvgIpc) is 2.97. The number of ether oxygens (including phenoxy) is 4. The minimum Gasteiger partial charge on any atom is -0.497 e. The fraction of sp³-hybridized carbons (Fsp3) is 0.250. The third-order valence-electron chi connectivity index (χ3n) is 5.75. The van der Waals surface area contributed by atoms with Crippen LogP contribution in [0.2, 0.25) is 0 Å². The van der Waals surface area contributed by atoms with Gasteiger partial charge in [-0.15, -0.1) is 0 Å². The number of methoxy groups -OCH3 is 4. The number of halogens is 1. The minimum absolute atomic E-state index is 0.162. The van der Waals surface area contributed by atoms with Crippen molar-refractivity contribution < 1.29 is 37.7 Å². The zero-order valence-corrected chi connectivity index (χ0v) is 22.1. The summed E-state index contributed by atoms with van der Waals surface area (Å²) in [6.45, 7) is 0.185. The lowest BCUT2D eigenvalue weighted by molar-refractivity contribution is -0.125. The van der Waals surface area contributed by atoms with Gasteiger partial charge in [0.25, 0.3) is 5.91 Å². The fourth-order valence-electron chi connectivity index (χ4n) is 3.68. The van der Waals surface area contributed by atoms with Gasteiger partial charge in [0.15, 0.2) is 11.5 Å². The Morgan fingerprint density at radius 3 is 1.92 bits per heavy atom. The number of carbonyl (C=O) groups is 3. The molecule has 10 nitrogen and oxygen atoms in total. The van der Waals surface area contributed by atoms with Crippen molar-refractivity contribution in [1.29, 1.82) is 0 Å². The molecule has 0 aromatic heterocycles. The molecule has 206 valence electrons. The Morgan fingerprint density at radius 2 is 1.38 bits per heavy atom. The van der Waals surface area contributed by atoms with Gasteiger partial charge >= 0.3 is 0 Å². The summed E-state index contributed by atoms with van der Waals surface area (Å²) < 4.78 is 34.5. The van der Waals surface area contributed by atoms with Crippen LogP contribution < -0.4 is 34.7 Å². The van der Waals surface area contributed by atoms with Gasteiger partial charge in [-0.1, -0.05) is 12.1 Å². The molecule has 0 spiro atoms. The standard InChI is InChI=1S/C28H30FN3O7/c1-36-22-11-5-18(6-12-22)17-32(21-15-23(37-2)27(39-4)24(16-21)38-3)26(34)14-13-25(33)30-31-28(35)19-7-9-20(29)10-8-19/h5-12,15-16H,13-14,17H2,1-4H3,(H,30,33)(H,31,35). The second-order valence-electron chi connectivity index (χ2n) is 8.22. The van der Waals surface area contributed by atoms with E-state index in [2.05, 4.69) is 10.9 Å². The summed E-state index contributed by atoms with van der Waals surface area (Å²) in [4.78, 5) is 39.4. The molecule has 0 bridgehead atoms. The highest BCUT2D eigenvalue weighted by molar-refractivity contribution is 5.97. The Bertz CT molecular complexity index is 1270. The van der Waals surface area contributed by atoms with E-state index < -0.39 is 17.6 Å². The van der Waals surface area contributed by atoms with Crippen molar-refractivity contribution in [2.75, 3.05) is 33.3 Å². The van der Waals surface area contributed by atoms with Crippen LogP contribution in [0.25, 0.3) is 0 Å². The van der Waals surface area contributed by atoms with Crippen molar-refractivity contribution in [3.05, 3.63) is 77.6 Å². The topological polar surface area (TPSA) is 115 Å². The SMILES string of the molecule is COc1ccc(CN(C(=O)CCC(=O)NNC(=O)c2ccc(F)cc2)c2cc(OC)c(OC)c(OC)c2)cc1. The number of carbonyl (C=O) groups excluding carboxylic acids is 3. The van der Waals surface area contributed by atoms with E-state index in [1.807, 2.05) is 12.1 Å². The molecule has 0 aliphatic rings. The van der Waals surface area contributed by atoms with E-state index in [1.165, 1.54) is 38.4 Å². The molecular formula is C28H30FN3O7. The molecule has 0 unspecified atom stereocenters. The molecule has 0 aliphatic heterocycles. The molecule has 0 fully saturated rings. The normalized spacial score (nSPS) is 10.3. The van der Waals surface area contributed by atoms with Crippen LogP contribution in [0.4, 0.5) is 10.1 Å². The number of hydrogen-bond donors (Lipinski definition) is 2. The predicted molar refractivity (Wildman–Crippen MR) is 142 cm³/mol. The number of amides is 3. The summed E-state index contributed by atoms with van der Waals surface area (Å²) in [7, 11) is 5.99. The molecule has 39 heavy (non-hydrogen) atoms. The van der Waals surface area contributed by atoms with E-state index in [-0.39, 0.29) is 30.9 Å². The highest BCUT2D eigenvalue weighted by atomic mass is 19.1. The first-order valence-corrected chi connectivity index (χ1v) is 11.9. The molecule has 0 atom stereocenters. The molecule has 3 rings (SSSR count). The van der Waals surface area contributed by atoms with Crippen molar-refractivity contribution in [3.8, 4) is 23.0 Å². The van der Waals surface area contributed by atoms with Gasteiger partial charge in [-0.25, -0.2) is 4.39 Å². The molecule has 3 aromatic rings. The summed E-state index contributed by atoms with van der Waals surface area (Å²) >= 11 is 0. The lowest BCUT2D eigenvalue weighted by atomic mass is 10.1. The molecular weight excluding hydrogens is 509 g/mol. The molecule has 0 heterocycles. The van der Waals surface area contributed by atoms with Crippen molar-refractivity contribution in [2.24, 2.45) is 0 Å². The van der Waals surface area contributed by atoms with Gasteiger partial charge in [0, 0.05) is 30.5 Å². The van der Waals surface area contributed by atoms with Gasteiger partial charge in [-0.3, -0.25) is 25.2 Å². The van der Waals surface area contributed by atoms with Crippen LogP contribution in [0.3, 0.4) is 0 Å². The maximum Gasteiger partial charge on any atom is 0.269 e. The van der Waals surface area contributed by atoms with Crippen LogP contribution in [0.5, 0.6) is 23.0 Å². The lowest BCUT2D eigenvalue weighted by Crippen LogP contribution is -2.42. The third-order valence-corrected chi connectivity index (χ3v) is 5.75. The number of benzene rings is 3. The molecule has 0 saturated carbocycles. The number of anilines is 1. The van der Waals surface area contributed by atoms with Crippen LogP contribution in [0.1, 0.15) is 28.8 Å².